The van der Waals surface area contributed by atoms with E-state index in [1.165, 1.54) is 24.3 Å². The Morgan fingerprint density at radius 1 is 1.10 bits per heavy atom. The molecule has 102 valence electrons. The van der Waals surface area contributed by atoms with Gasteiger partial charge in [0.05, 0.1) is 12.3 Å². The van der Waals surface area contributed by atoms with Crippen LogP contribution < -0.4 is 9.64 Å². The first-order valence-electron chi connectivity index (χ1n) is 6.55. The second-order valence-corrected chi connectivity index (χ2v) is 4.63. The molecule has 0 atom stereocenters. The van der Waals surface area contributed by atoms with E-state index in [-0.39, 0.29) is 11.7 Å². The molecule has 0 fully saturated rings. The van der Waals surface area contributed by atoms with Gasteiger partial charge in [-0.3, -0.25) is 4.79 Å². The fourth-order valence-corrected chi connectivity index (χ4v) is 2.29. The van der Waals surface area contributed by atoms with Crippen LogP contribution in [0, 0.1) is 5.82 Å². The average Bonchev–Trinajstić information content (AvgIpc) is 2.69. The first-order chi connectivity index (χ1) is 9.75. The third kappa shape index (κ3) is 2.37. The highest BCUT2D eigenvalue weighted by Gasteiger charge is 2.22. The van der Waals surface area contributed by atoms with Crippen molar-refractivity contribution in [2.24, 2.45) is 0 Å². The van der Waals surface area contributed by atoms with Crippen molar-refractivity contribution in [2.75, 3.05) is 18.1 Å². The zero-order valence-corrected chi connectivity index (χ0v) is 10.9. The topological polar surface area (TPSA) is 29.5 Å². The van der Waals surface area contributed by atoms with Crippen molar-refractivity contribution in [2.45, 2.75) is 6.42 Å². The number of ether oxygens (including phenoxy) is 1. The van der Waals surface area contributed by atoms with Crippen molar-refractivity contribution in [1.82, 2.24) is 0 Å². The lowest BCUT2D eigenvalue weighted by molar-refractivity contribution is 0.0987. The molecule has 0 radical (unpaired) electrons. The number of carbonyl (C=O) groups is 1. The van der Waals surface area contributed by atoms with E-state index < -0.39 is 0 Å². The molecule has 0 aromatic heterocycles. The summed E-state index contributed by atoms with van der Waals surface area (Å²) in [5.41, 5.74) is 1.24. The Morgan fingerprint density at radius 2 is 1.85 bits per heavy atom. The second-order valence-electron chi connectivity index (χ2n) is 4.63. The summed E-state index contributed by atoms with van der Waals surface area (Å²) in [5.74, 6) is 0.226. The van der Waals surface area contributed by atoms with Gasteiger partial charge in [-0.25, -0.2) is 4.39 Å². The number of anilines is 1. The summed E-state index contributed by atoms with van der Waals surface area (Å²) in [6.07, 6.45) is 0.765. The average molecular weight is 271 g/mol. The van der Waals surface area contributed by atoms with Crippen LogP contribution in [0.15, 0.2) is 48.5 Å². The number of hydrogen-bond acceptors (Lipinski definition) is 2. The van der Waals surface area contributed by atoms with Gasteiger partial charge >= 0.3 is 0 Å². The van der Waals surface area contributed by atoms with Gasteiger partial charge in [-0.1, -0.05) is 12.1 Å². The van der Waals surface area contributed by atoms with Crippen molar-refractivity contribution < 1.29 is 13.9 Å². The normalized spacial score (nSPS) is 14.2. The molecule has 1 amide bonds. The monoisotopic (exact) mass is 271 g/mol. The maximum absolute atomic E-state index is 13.0. The highest BCUT2D eigenvalue weighted by Crippen LogP contribution is 2.31. The molecule has 3 nitrogen and oxygen atoms in total. The molecule has 2 aromatic carbocycles. The van der Waals surface area contributed by atoms with Crippen molar-refractivity contribution in [1.29, 1.82) is 0 Å². The molecule has 1 aliphatic heterocycles. The van der Waals surface area contributed by atoms with E-state index in [1.807, 2.05) is 24.3 Å². The lowest BCUT2D eigenvalue weighted by atomic mass is 10.1. The fourth-order valence-electron chi connectivity index (χ4n) is 2.29. The minimum atomic E-state index is -0.346. The highest BCUT2D eigenvalue weighted by molar-refractivity contribution is 6.06. The molecule has 3 rings (SSSR count). The Morgan fingerprint density at radius 3 is 2.65 bits per heavy atom. The number of nitrogens with zero attached hydrogens (tertiary/aromatic N) is 1. The smallest absolute Gasteiger partial charge is 0.258 e. The summed E-state index contributed by atoms with van der Waals surface area (Å²) in [4.78, 5) is 14.3. The predicted octanol–water partition coefficient (Wildman–Crippen LogP) is 3.26. The Bertz CT molecular complexity index is 625. The van der Waals surface area contributed by atoms with Crippen LogP contribution in [0.4, 0.5) is 10.1 Å². The third-order valence-electron chi connectivity index (χ3n) is 3.28. The number of fused-ring (bicyclic) bond motifs is 1. The summed E-state index contributed by atoms with van der Waals surface area (Å²) in [6.45, 7) is 1.18. The fraction of sp³-hybridized carbons (Fsp3) is 0.188. The zero-order chi connectivity index (χ0) is 13.9. The Kier molecular flexibility index (Phi) is 3.37. The zero-order valence-electron chi connectivity index (χ0n) is 10.9. The molecule has 0 N–H and O–H groups in total. The Labute approximate surface area is 116 Å². The molecule has 0 spiro atoms. The number of amides is 1. The number of para-hydroxylation sites is 2. The number of benzene rings is 2. The molecule has 0 saturated heterocycles. The van der Waals surface area contributed by atoms with E-state index in [1.54, 1.807) is 4.90 Å². The van der Waals surface area contributed by atoms with Gasteiger partial charge in [0.25, 0.3) is 5.91 Å². The molecular weight excluding hydrogens is 257 g/mol. The second kappa shape index (κ2) is 5.33. The largest absolute Gasteiger partial charge is 0.491 e. The van der Waals surface area contributed by atoms with Crippen molar-refractivity contribution in [3.63, 3.8) is 0 Å². The molecule has 2 aromatic rings. The molecule has 20 heavy (non-hydrogen) atoms. The molecule has 4 heteroatoms. The van der Waals surface area contributed by atoms with Gasteiger partial charge in [0.1, 0.15) is 11.6 Å². The van der Waals surface area contributed by atoms with E-state index in [2.05, 4.69) is 0 Å². The lowest BCUT2D eigenvalue weighted by Gasteiger charge is -2.21. The number of hydrogen-bond donors (Lipinski definition) is 0. The molecule has 0 saturated carbocycles. The Balaban J connectivity index is 1.97. The quantitative estimate of drug-likeness (QED) is 0.796. The van der Waals surface area contributed by atoms with Gasteiger partial charge in [0, 0.05) is 12.1 Å². The third-order valence-corrected chi connectivity index (χ3v) is 3.28. The van der Waals surface area contributed by atoms with Crippen molar-refractivity contribution >= 4 is 11.6 Å². The first kappa shape index (κ1) is 12.7. The number of halogens is 1. The van der Waals surface area contributed by atoms with E-state index in [0.717, 1.165) is 12.1 Å². The molecule has 1 heterocycles. The van der Waals surface area contributed by atoms with Crippen LogP contribution in [0.2, 0.25) is 0 Å². The predicted molar refractivity (Wildman–Crippen MR) is 74.6 cm³/mol. The lowest BCUT2D eigenvalue weighted by Crippen LogP contribution is -2.31. The van der Waals surface area contributed by atoms with Crippen molar-refractivity contribution in [3.8, 4) is 5.75 Å². The molecule has 0 bridgehead atoms. The summed E-state index contributed by atoms with van der Waals surface area (Å²) in [7, 11) is 0. The maximum atomic E-state index is 13.0. The summed E-state index contributed by atoms with van der Waals surface area (Å²) in [6, 6.07) is 13.1. The molecule has 1 aliphatic rings. The first-order valence-corrected chi connectivity index (χ1v) is 6.55. The van der Waals surface area contributed by atoms with Crippen LogP contribution in [-0.2, 0) is 0 Å². The SMILES string of the molecule is O=C(c1ccc(F)cc1)N1CCCOc2ccccc21. The van der Waals surface area contributed by atoms with Crippen LogP contribution in [0.5, 0.6) is 5.75 Å². The van der Waals surface area contributed by atoms with Crippen LogP contribution >= 0.6 is 0 Å². The van der Waals surface area contributed by atoms with Crippen LogP contribution in [0.1, 0.15) is 16.8 Å². The van der Waals surface area contributed by atoms with E-state index in [0.29, 0.717) is 24.5 Å². The van der Waals surface area contributed by atoms with E-state index >= 15 is 0 Å². The van der Waals surface area contributed by atoms with Gasteiger partial charge in [0.15, 0.2) is 0 Å². The summed E-state index contributed by atoms with van der Waals surface area (Å²) in [5, 5.41) is 0. The van der Waals surface area contributed by atoms with Crippen molar-refractivity contribution in [3.05, 3.63) is 59.9 Å². The van der Waals surface area contributed by atoms with Gasteiger partial charge in [-0.05, 0) is 42.8 Å². The standard InChI is InChI=1S/C16H14FNO2/c17-13-8-6-12(7-9-13)16(19)18-10-3-11-20-15-5-2-1-4-14(15)18/h1-2,4-9H,3,10-11H2. The Hall–Kier alpha value is -2.36. The number of carbonyl (C=O) groups excluding carboxylic acids is 1. The molecular formula is C16H14FNO2. The van der Waals surface area contributed by atoms with Crippen LogP contribution in [0.3, 0.4) is 0 Å². The van der Waals surface area contributed by atoms with Gasteiger partial charge in [-0.15, -0.1) is 0 Å². The molecule has 0 unspecified atom stereocenters. The maximum Gasteiger partial charge on any atom is 0.258 e. The van der Waals surface area contributed by atoms with Gasteiger partial charge < -0.3 is 9.64 Å². The van der Waals surface area contributed by atoms with Crippen LogP contribution in [-0.4, -0.2) is 19.1 Å². The van der Waals surface area contributed by atoms with Crippen LogP contribution in [0.25, 0.3) is 0 Å². The summed E-state index contributed by atoms with van der Waals surface area (Å²) < 4.78 is 18.6. The van der Waals surface area contributed by atoms with E-state index in [4.69, 9.17) is 4.74 Å². The minimum Gasteiger partial charge on any atom is -0.491 e. The van der Waals surface area contributed by atoms with Gasteiger partial charge in [-0.2, -0.15) is 0 Å². The molecule has 0 aliphatic carbocycles. The minimum absolute atomic E-state index is 0.136. The highest BCUT2D eigenvalue weighted by atomic mass is 19.1. The van der Waals surface area contributed by atoms with Gasteiger partial charge in [0.2, 0.25) is 0 Å². The number of rotatable bonds is 1. The summed E-state index contributed by atoms with van der Waals surface area (Å²) >= 11 is 0. The van der Waals surface area contributed by atoms with E-state index in [9.17, 15) is 9.18 Å².